The molecule has 1 aromatic rings. The zero-order valence-electron chi connectivity index (χ0n) is 11.0. The molecule has 1 aromatic carbocycles. The summed E-state index contributed by atoms with van der Waals surface area (Å²) >= 11 is 0. The van der Waals surface area contributed by atoms with E-state index in [4.69, 9.17) is 10.5 Å². The van der Waals surface area contributed by atoms with Crippen LogP contribution in [0.3, 0.4) is 0 Å². The van der Waals surface area contributed by atoms with Crippen LogP contribution in [0.1, 0.15) is 41.9 Å². The Bertz CT molecular complexity index is 659. The fraction of sp³-hybridized carbons (Fsp3) is 0.400. The smallest absolute Gasteiger partial charge is 0.311 e. The fourth-order valence-corrected chi connectivity index (χ4v) is 2.83. The molecule has 0 bridgehead atoms. The molecule has 2 atom stereocenters. The molecular formula is C15H12F2N2O2. The molecule has 0 heterocycles. The molecule has 1 fully saturated rings. The van der Waals surface area contributed by atoms with Gasteiger partial charge in [0, 0.05) is 12.8 Å². The Morgan fingerprint density at radius 3 is 2.48 bits per heavy atom. The predicted octanol–water partition coefficient (Wildman–Crippen LogP) is 3.03. The lowest BCUT2D eigenvalue weighted by Crippen LogP contribution is -2.21. The van der Waals surface area contributed by atoms with Crippen LogP contribution >= 0.6 is 0 Å². The van der Waals surface area contributed by atoms with Crippen LogP contribution in [0.25, 0.3) is 0 Å². The van der Waals surface area contributed by atoms with Gasteiger partial charge >= 0.3 is 5.97 Å². The molecule has 2 unspecified atom stereocenters. The highest BCUT2D eigenvalue weighted by Crippen LogP contribution is 2.45. The molecule has 0 spiro atoms. The van der Waals surface area contributed by atoms with Crippen LogP contribution in [-0.4, -0.2) is 17.0 Å². The number of nitrogens with zero attached hydrogens (tertiary/aromatic N) is 2. The molecule has 1 N–H and O–H groups in total. The van der Waals surface area contributed by atoms with Crippen LogP contribution in [0.5, 0.6) is 0 Å². The lowest BCUT2D eigenvalue weighted by Gasteiger charge is -2.20. The Hall–Kier alpha value is -2.47. The van der Waals surface area contributed by atoms with Crippen LogP contribution in [0, 0.1) is 28.6 Å². The highest BCUT2D eigenvalue weighted by molar-refractivity contribution is 5.77. The molecule has 0 saturated heterocycles. The minimum Gasteiger partial charge on any atom is -0.481 e. The number of halogens is 2. The summed E-state index contributed by atoms with van der Waals surface area (Å²) in [5.74, 6) is -5.77. The molecule has 108 valence electrons. The van der Waals surface area contributed by atoms with Crippen molar-refractivity contribution >= 4 is 5.97 Å². The largest absolute Gasteiger partial charge is 0.481 e. The normalized spacial score (nSPS) is 21.2. The van der Waals surface area contributed by atoms with E-state index in [-0.39, 0.29) is 24.0 Å². The van der Waals surface area contributed by atoms with Crippen molar-refractivity contribution in [3.05, 3.63) is 34.9 Å². The van der Waals surface area contributed by atoms with Crippen molar-refractivity contribution in [2.24, 2.45) is 5.92 Å². The summed E-state index contributed by atoms with van der Waals surface area (Å²) in [5, 5.41) is 27.2. The molecule has 2 rings (SSSR count). The summed E-state index contributed by atoms with van der Waals surface area (Å²) < 4.78 is 26.6. The molecule has 21 heavy (non-hydrogen) atoms. The topological polar surface area (TPSA) is 84.9 Å². The lowest BCUT2D eigenvalue weighted by atomic mass is 9.83. The maximum absolute atomic E-state index is 13.3. The Morgan fingerprint density at radius 1 is 1.33 bits per heavy atom. The average molecular weight is 290 g/mol. The SMILES string of the molecule is N#Cc1ccc(C(C(=O)O)C2CCC(F)(F)C2)cc1C#N. The molecule has 1 aliphatic rings. The van der Waals surface area contributed by atoms with Crippen molar-refractivity contribution in [2.45, 2.75) is 31.1 Å². The van der Waals surface area contributed by atoms with Crippen molar-refractivity contribution in [3.63, 3.8) is 0 Å². The first kappa shape index (κ1) is 14.9. The number of alkyl halides is 2. The minimum absolute atomic E-state index is 0.0611. The fourth-order valence-electron chi connectivity index (χ4n) is 2.83. The molecule has 0 aliphatic heterocycles. The quantitative estimate of drug-likeness (QED) is 0.927. The Morgan fingerprint density at radius 2 is 2.00 bits per heavy atom. The highest BCUT2D eigenvalue weighted by Gasteiger charge is 2.45. The predicted molar refractivity (Wildman–Crippen MR) is 68.5 cm³/mol. The van der Waals surface area contributed by atoms with Crippen molar-refractivity contribution < 1.29 is 18.7 Å². The third-order valence-electron chi connectivity index (χ3n) is 3.82. The third kappa shape index (κ3) is 3.00. The Kier molecular flexibility index (Phi) is 3.90. The van der Waals surface area contributed by atoms with Crippen LogP contribution in [-0.2, 0) is 4.79 Å². The molecule has 1 saturated carbocycles. The third-order valence-corrected chi connectivity index (χ3v) is 3.82. The van der Waals surface area contributed by atoms with Gasteiger partial charge in [-0.15, -0.1) is 0 Å². The van der Waals surface area contributed by atoms with Crippen molar-refractivity contribution in [1.82, 2.24) is 0 Å². The zero-order chi connectivity index (χ0) is 15.6. The van der Waals surface area contributed by atoms with E-state index in [1.165, 1.54) is 18.2 Å². The average Bonchev–Trinajstić information content (AvgIpc) is 2.78. The van der Waals surface area contributed by atoms with E-state index in [9.17, 15) is 18.7 Å². The molecule has 0 radical (unpaired) electrons. The van der Waals surface area contributed by atoms with Gasteiger partial charge in [-0.2, -0.15) is 10.5 Å². The van der Waals surface area contributed by atoms with Crippen molar-refractivity contribution in [1.29, 1.82) is 10.5 Å². The zero-order valence-corrected chi connectivity index (χ0v) is 11.0. The van der Waals surface area contributed by atoms with Crippen LogP contribution in [0.2, 0.25) is 0 Å². The minimum atomic E-state index is -2.83. The van der Waals surface area contributed by atoms with E-state index in [2.05, 4.69) is 0 Å². The van der Waals surface area contributed by atoms with Crippen molar-refractivity contribution in [2.75, 3.05) is 0 Å². The van der Waals surface area contributed by atoms with Crippen LogP contribution < -0.4 is 0 Å². The number of carboxylic acids is 1. The van der Waals surface area contributed by atoms with E-state index in [0.29, 0.717) is 5.56 Å². The lowest BCUT2D eigenvalue weighted by molar-refractivity contribution is -0.140. The Balaban J connectivity index is 2.39. The number of aliphatic carboxylic acids is 1. The first-order valence-electron chi connectivity index (χ1n) is 6.43. The first-order valence-corrected chi connectivity index (χ1v) is 6.43. The number of carboxylic acid groups (broad SMARTS) is 1. The van der Waals surface area contributed by atoms with Gasteiger partial charge in [-0.3, -0.25) is 4.79 Å². The van der Waals surface area contributed by atoms with E-state index in [1.54, 1.807) is 0 Å². The van der Waals surface area contributed by atoms with Crippen molar-refractivity contribution in [3.8, 4) is 12.1 Å². The summed E-state index contributed by atoms with van der Waals surface area (Å²) in [6.07, 6.45) is -0.652. The van der Waals surface area contributed by atoms with Gasteiger partial charge in [0.05, 0.1) is 17.0 Å². The molecular weight excluding hydrogens is 278 g/mol. The van der Waals surface area contributed by atoms with Gasteiger partial charge in [-0.05, 0) is 30.0 Å². The summed E-state index contributed by atoms with van der Waals surface area (Å²) in [6.45, 7) is 0. The molecule has 0 amide bonds. The molecule has 1 aliphatic carbocycles. The first-order chi connectivity index (χ1) is 9.88. The van der Waals surface area contributed by atoms with Gasteiger partial charge < -0.3 is 5.11 Å². The number of hydrogen-bond donors (Lipinski definition) is 1. The van der Waals surface area contributed by atoms with Gasteiger partial charge in [0.15, 0.2) is 0 Å². The number of nitriles is 2. The van der Waals surface area contributed by atoms with Crippen LogP contribution in [0.15, 0.2) is 18.2 Å². The van der Waals surface area contributed by atoms with E-state index in [0.717, 1.165) is 0 Å². The summed E-state index contributed by atoms with van der Waals surface area (Å²) in [5.41, 5.74) is 0.494. The Labute approximate surface area is 120 Å². The molecule has 4 nitrogen and oxygen atoms in total. The monoisotopic (exact) mass is 290 g/mol. The maximum Gasteiger partial charge on any atom is 0.311 e. The second kappa shape index (κ2) is 5.49. The molecule has 0 aromatic heterocycles. The van der Waals surface area contributed by atoms with E-state index < -0.39 is 30.1 Å². The summed E-state index contributed by atoms with van der Waals surface area (Å²) in [7, 11) is 0. The number of hydrogen-bond acceptors (Lipinski definition) is 3. The van der Waals surface area contributed by atoms with E-state index >= 15 is 0 Å². The summed E-state index contributed by atoms with van der Waals surface area (Å²) in [4.78, 5) is 11.5. The number of carbonyl (C=O) groups is 1. The van der Waals surface area contributed by atoms with E-state index in [1.807, 2.05) is 12.1 Å². The molecule has 6 heteroatoms. The van der Waals surface area contributed by atoms with Gasteiger partial charge in [-0.25, -0.2) is 8.78 Å². The van der Waals surface area contributed by atoms with Gasteiger partial charge in [0.2, 0.25) is 5.92 Å². The maximum atomic E-state index is 13.3. The summed E-state index contributed by atoms with van der Waals surface area (Å²) in [6, 6.07) is 7.76. The standard InChI is InChI=1S/C15H12F2N2O2/c16-15(17)4-3-10(6-15)13(14(20)21)9-1-2-11(7-18)12(5-9)8-19/h1-2,5,10,13H,3-4,6H2,(H,20,21). The highest BCUT2D eigenvalue weighted by atomic mass is 19.3. The van der Waals surface area contributed by atoms with Gasteiger partial charge in [-0.1, -0.05) is 6.07 Å². The van der Waals surface area contributed by atoms with Gasteiger partial charge in [0.1, 0.15) is 12.1 Å². The second-order valence-corrected chi connectivity index (χ2v) is 5.20. The van der Waals surface area contributed by atoms with Gasteiger partial charge in [0.25, 0.3) is 0 Å². The van der Waals surface area contributed by atoms with Crippen LogP contribution in [0.4, 0.5) is 8.78 Å². The second-order valence-electron chi connectivity index (χ2n) is 5.20. The number of benzene rings is 1. The number of rotatable bonds is 3.